The quantitative estimate of drug-likeness (QED) is 0.527. The third kappa shape index (κ3) is 5.07. The van der Waals surface area contributed by atoms with Gasteiger partial charge >= 0.3 is 6.03 Å². The van der Waals surface area contributed by atoms with Gasteiger partial charge in [-0.15, -0.1) is 0 Å². The summed E-state index contributed by atoms with van der Waals surface area (Å²) in [5.41, 5.74) is 3.15. The van der Waals surface area contributed by atoms with Gasteiger partial charge in [0.25, 0.3) is 0 Å². The van der Waals surface area contributed by atoms with E-state index in [9.17, 15) is 4.79 Å². The van der Waals surface area contributed by atoms with Gasteiger partial charge in [-0.05, 0) is 55.7 Å². The second-order valence-electron chi connectivity index (χ2n) is 7.76. The van der Waals surface area contributed by atoms with Crippen molar-refractivity contribution in [3.05, 3.63) is 77.7 Å². The van der Waals surface area contributed by atoms with E-state index in [2.05, 4.69) is 35.3 Å². The molecule has 0 aliphatic carbocycles. The number of aromatic nitrogens is 2. The Morgan fingerprint density at radius 1 is 1.03 bits per heavy atom. The monoisotopic (exact) mass is 407 g/mol. The highest BCUT2D eigenvalue weighted by Crippen LogP contribution is 2.24. The first-order valence-electron chi connectivity index (χ1n) is 10.3. The topological polar surface area (TPSA) is 38.1 Å². The highest BCUT2D eigenvalue weighted by atomic mass is 35.5. The molecule has 4 nitrogen and oxygen atoms in total. The van der Waals surface area contributed by atoms with E-state index in [1.165, 1.54) is 18.4 Å². The molecule has 1 aliphatic rings. The van der Waals surface area contributed by atoms with Crippen LogP contribution in [0.5, 0.6) is 0 Å². The van der Waals surface area contributed by atoms with Gasteiger partial charge in [0, 0.05) is 29.9 Å². The van der Waals surface area contributed by atoms with Crippen LogP contribution in [0.15, 0.2) is 67.1 Å². The van der Waals surface area contributed by atoms with Gasteiger partial charge in [-0.25, -0.2) is 9.78 Å². The molecular weight excluding hydrogens is 382 g/mol. The van der Waals surface area contributed by atoms with Crippen molar-refractivity contribution < 1.29 is 4.79 Å². The number of likely N-dealkylation sites (tertiary alicyclic amines) is 1. The summed E-state index contributed by atoms with van der Waals surface area (Å²) < 4.78 is 1.60. The van der Waals surface area contributed by atoms with Gasteiger partial charge in [0.2, 0.25) is 0 Å². The molecule has 3 aromatic rings. The van der Waals surface area contributed by atoms with Gasteiger partial charge in [0.1, 0.15) is 6.33 Å². The molecule has 2 aromatic carbocycles. The number of hydrogen-bond donors (Lipinski definition) is 0. The highest BCUT2D eigenvalue weighted by Gasteiger charge is 2.23. The third-order valence-electron chi connectivity index (χ3n) is 5.75. The molecule has 2 heterocycles. The predicted octanol–water partition coefficient (Wildman–Crippen LogP) is 5.91. The van der Waals surface area contributed by atoms with Crippen molar-refractivity contribution in [2.24, 2.45) is 5.92 Å². The maximum Gasteiger partial charge on any atom is 0.329 e. The summed E-state index contributed by atoms with van der Waals surface area (Å²) in [6.07, 6.45) is 9.17. The Bertz CT molecular complexity index is 928. The zero-order chi connectivity index (χ0) is 20.1. The number of aryl methyl sites for hydroxylation is 1. The molecule has 29 heavy (non-hydrogen) atoms. The molecule has 1 amide bonds. The molecule has 0 unspecified atom stereocenters. The Kier molecular flexibility index (Phi) is 6.30. The predicted molar refractivity (Wildman–Crippen MR) is 117 cm³/mol. The van der Waals surface area contributed by atoms with E-state index in [4.69, 9.17) is 11.6 Å². The Morgan fingerprint density at radius 2 is 1.76 bits per heavy atom. The van der Waals surface area contributed by atoms with Crippen LogP contribution in [0.25, 0.3) is 11.3 Å². The molecule has 0 atom stereocenters. The zero-order valence-electron chi connectivity index (χ0n) is 16.5. The molecule has 5 heteroatoms. The molecule has 1 saturated heterocycles. The Balaban J connectivity index is 1.26. The van der Waals surface area contributed by atoms with Gasteiger partial charge in [-0.2, -0.15) is 0 Å². The molecule has 0 saturated carbocycles. The SMILES string of the molecule is O=C(N1CCC(CCCc2ccccc2)CC1)n1cnc(-c2ccc(Cl)cc2)c1. The number of nitrogens with zero attached hydrogens (tertiary/aromatic N) is 3. The van der Waals surface area contributed by atoms with Crippen LogP contribution in [0.3, 0.4) is 0 Å². The maximum absolute atomic E-state index is 12.8. The lowest BCUT2D eigenvalue weighted by Gasteiger charge is -2.31. The van der Waals surface area contributed by atoms with E-state index < -0.39 is 0 Å². The molecule has 0 N–H and O–H groups in total. The van der Waals surface area contributed by atoms with E-state index in [-0.39, 0.29) is 6.03 Å². The molecule has 1 aliphatic heterocycles. The van der Waals surface area contributed by atoms with Crippen molar-refractivity contribution in [3.8, 4) is 11.3 Å². The minimum absolute atomic E-state index is 0.0143. The number of halogens is 1. The van der Waals surface area contributed by atoms with Gasteiger partial charge in [-0.3, -0.25) is 4.57 Å². The summed E-state index contributed by atoms with van der Waals surface area (Å²) >= 11 is 5.94. The van der Waals surface area contributed by atoms with E-state index in [0.717, 1.165) is 49.5 Å². The highest BCUT2D eigenvalue weighted by molar-refractivity contribution is 6.30. The van der Waals surface area contributed by atoms with Crippen LogP contribution in [0.1, 0.15) is 31.2 Å². The lowest BCUT2D eigenvalue weighted by Crippen LogP contribution is -2.40. The van der Waals surface area contributed by atoms with Crippen molar-refractivity contribution in [3.63, 3.8) is 0 Å². The summed E-state index contributed by atoms with van der Waals surface area (Å²) in [5.74, 6) is 0.718. The van der Waals surface area contributed by atoms with Gasteiger partial charge < -0.3 is 4.90 Å². The average Bonchev–Trinajstić information content (AvgIpc) is 3.25. The molecule has 1 aromatic heterocycles. The summed E-state index contributed by atoms with van der Waals surface area (Å²) in [7, 11) is 0. The fourth-order valence-electron chi connectivity index (χ4n) is 4.01. The number of carbonyl (C=O) groups is 1. The van der Waals surface area contributed by atoms with Crippen molar-refractivity contribution in [2.45, 2.75) is 32.1 Å². The molecule has 0 spiro atoms. The number of piperidine rings is 1. The van der Waals surface area contributed by atoms with Crippen LogP contribution in [0.2, 0.25) is 5.02 Å². The van der Waals surface area contributed by atoms with E-state index in [1.54, 1.807) is 17.1 Å². The molecule has 4 rings (SSSR count). The second kappa shape index (κ2) is 9.27. The molecular formula is C24H26ClN3O. The van der Waals surface area contributed by atoms with Crippen LogP contribution in [-0.4, -0.2) is 33.6 Å². The van der Waals surface area contributed by atoms with Gasteiger partial charge in [-0.1, -0.05) is 54.1 Å². The fourth-order valence-corrected chi connectivity index (χ4v) is 4.14. The minimum Gasteiger partial charge on any atom is -0.324 e. The molecule has 150 valence electrons. The van der Waals surface area contributed by atoms with Crippen molar-refractivity contribution >= 4 is 17.6 Å². The van der Waals surface area contributed by atoms with Crippen LogP contribution in [0.4, 0.5) is 4.79 Å². The standard InChI is InChI=1S/C24H26ClN3O/c25-22-11-9-21(10-12-22)23-17-28(18-26-23)24(29)27-15-13-20(14-16-27)8-4-7-19-5-2-1-3-6-19/h1-3,5-6,9-12,17-18,20H,4,7-8,13-16H2. The van der Waals surface area contributed by atoms with Crippen LogP contribution in [0, 0.1) is 5.92 Å². The van der Waals surface area contributed by atoms with E-state index in [1.807, 2.05) is 29.2 Å². The first-order valence-corrected chi connectivity index (χ1v) is 10.7. The number of rotatable bonds is 5. The fraction of sp³-hybridized carbons (Fsp3) is 0.333. The minimum atomic E-state index is 0.0143. The van der Waals surface area contributed by atoms with E-state index >= 15 is 0 Å². The average molecular weight is 408 g/mol. The summed E-state index contributed by atoms with van der Waals surface area (Å²) in [4.78, 5) is 19.2. The Labute approximate surface area is 177 Å². The maximum atomic E-state index is 12.8. The smallest absolute Gasteiger partial charge is 0.324 e. The number of imidazole rings is 1. The van der Waals surface area contributed by atoms with Crippen molar-refractivity contribution in [1.82, 2.24) is 14.5 Å². The second-order valence-corrected chi connectivity index (χ2v) is 8.20. The van der Waals surface area contributed by atoms with Crippen molar-refractivity contribution in [1.29, 1.82) is 0 Å². The summed E-state index contributed by atoms with van der Waals surface area (Å²) in [6, 6.07) is 18.2. The molecule has 0 radical (unpaired) electrons. The third-order valence-corrected chi connectivity index (χ3v) is 6.00. The van der Waals surface area contributed by atoms with Gasteiger partial charge in [0.15, 0.2) is 0 Å². The van der Waals surface area contributed by atoms with Crippen LogP contribution < -0.4 is 0 Å². The Morgan fingerprint density at radius 3 is 2.48 bits per heavy atom. The lowest BCUT2D eigenvalue weighted by molar-refractivity contribution is 0.169. The first kappa shape index (κ1) is 19.7. The number of hydrogen-bond acceptors (Lipinski definition) is 2. The Hall–Kier alpha value is -2.59. The number of benzene rings is 2. The van der Waals surface area contributed by atoms with Crippen molar-refractivity contribution in [2.75, 3.05) is 13.1 Å². The number of amides is 1. The number of carbonyl (C=O) groups excluding carboxylic acids is 1. The largest absolute Gasteiger partial charge is 0.329 e. The summed E-state index contributed by atoms with van der Waals surface area (Å²) in [6.45, 7) is 1.65. The van der Waals surface area contributed by atoms with Gasteiger partial charge in [0.05, 0.1) is 5.69 Å². The summed E-state index contributed by atoms with van der Waals surface area (Å²) in [5, 5.41) is 0.691. The van der Waals surface area contributed by atoms with E-state index in [0.29, 0.717) is 5.02 Å². The normalized spacial score (nSPS) is 14.9. The van der Waals surface area contributed by atoms with Crippen LogP contribution in [-0.2, 0) is 6.42 Å². The van der Waals surface area contributed by atoms with Crippen LogP contribution >= 0.6 is 11.6 Å². The first-order chi connectivity index (χ1) is 14.2. The molecule has 0 bridgehead atoms. The zero-order valence-corrected chi connectivity index (χ0v) is 17.3. The molecule has 1 fully saturated rings. The lowest BCUT2D eigenvalue weighted by atomic mass is 9.91.